The van der Waals surface area contributed by atoms with Crippen LogP contribution in [-0.2, 0) is 16.7 Å². The van der Waals surface area contributed by atoms with Gasteiger partial charge in [0.2, 0.25) is 0 Å². The fourth-order valence-corrected chi connectivity index (χ4v) is 3.11. The van der Waals surface area contributed by atoms with Crippen LogP contribution in [0.5, 0.6) is 5.75 Å². The lowest BCUT2D eigenvalue weighted by Gasteiger charge is -2.11. The number of nitrogens with zero attached hydrogens (tertiary/aromatic N) is 2. The predicted molar refractivity (Wildman–Crippen MR) is 86.2 cm³/mol. The summed E-state index contributed by atoms with van der Waals surface area (Å²) in [4.78, 5) is 4.00. The Morgan fingerprint density at radius 2 is 1.83 bits per heavy atom. The Balaban J connectivity index is 1.89. The van der Waals surface area contributed by atoms with Crippen molar-refractivity contribution in [2.24, 2.45) is 0 Å². The Morgan fingerprint density at radius 1 is 1.13 bits per heavy atom. The summed E-state index contributed by atoms with van der Waals surface area (Å²) in [5.41, 5.74) is 2.14. The van der Waals surface area contributed by atoms with Crippen molar-refractivity contribution in [1.82, 2.24) is 9.55 Å². The summed E-state index contributed by atoms with van der Waals surface area (Å²) in [5.74, 6) is 0.741. The molecule has 120 valence electrons. The molecule has 2 aromatic carbocycles. The summed E-state index contributed by atoms with van der Waals surface area (Å²) in [6, 6.07) is 14.6. The Hall–Kier alpha value is -2.38. The Labute approximate surface area is 134 Å². The minimum absolute atomic E-state index is 0.254. The number of para-hydroxylation sites is 3. The van der Waals surface area contributed by atoms with E-state index in [2.05, 4.69) is 4.98 Å². The minimum Gasteiger partial charge on any atom is -0.491 e. The highest BCUT2D eigenvalue weighted by molar-refractivity contribution is 7.85. The molecule has 0 aliphatic heterocycles. The molecule has 6 nitrogen and oxygen atoms in total. The molecule has 1 heterocycles. The van der Waals surface area contributed by atoms with Gasteiger partial charge in [0, 0.05) is 0 Å². The molecule has 1 aromatic heterocycles. The highest BCUT2D eigenvalue weighted by Crippen LogP contribution is 2.20. The largest absolute Gasteiger partial charge is 0.491 e. The van der Waals surface area contributed by atoms with Crippen molar-refractivity contribution in [3.05, 3.63) is 54.1 Å². The first kappa shape index (κ1) is 15.5. The molecule has 0 spiro atoms. The van der Waals surface area contributed by atoms with Gasteiger partial charge in [-0.05, 0) is 30.7 Å². The summed E-state index contributed by atoms with van der Waals surface area (Å²) in [7, 11) is -4.40. The summed E-state index contributed by atoms with van der Waals surface area (Å²) in [6.07, 6.45) is 0. The Bertz CT molecular complexity index is 948. The number of aromatic nitrogens is 2. The van der Waals surface area contributed by atoms with Crippen LogP contribution in [0, 0.1) is 6.92 Å². The lowest BCUT2D eigenvalue weighted by atomic mass is 10.2. The maximum absolute atomic E-state index is 11.5. The predicted octanol–water partition coefficient (Wildman–Crippen LogP) is 2.67. The molecule has 0 atom stereocenters. The van der Waals surface area contributed by atoms with Gasteiger partial charge >= 0.3 is 10.1 Å². The third-order valence-corrected chi connectivity index (χ3v) is 4.29. The maximum Gasteiger partial charge on any atom is 0.328 e. The van der Waals surface area contributed by atoms with Crippen LogP contribution in [0.4, 0.5) is 0 Å². The van der Waals surface area contributed by atoms with Crippen molar-refractivity contribution in [2.75, 3.05) is 6.61 Å². The van der Waals surface area contributed by atoms with Crippen LogP contribution in [0.25, 0.3) is 11.0 Å². The Kier molecular flexibility index (Phi) is 4.06. The molecular formula is C16H16N2O4S. The van der Waals surface area contributed by atoms with Gasteiger partial charge in [-0.3, -0.25) is 4.55 Å². The van der Waals surface area contributed by atoms with E-state index in [0.29, 0.717) is 11.0 Å². The molecular weight excluding hydrogens is 316 g/mol. The van der Waals surface area contributed by atoms with E-state index in [0.717, 1.165) is 11.3 Å². The van der Waals surface area contributed by atoms with Crippen molar-refractivity contribution in [3.63, 3.8) is 0 Å². The lowest BCUT2D eigenvalue weighted by molar-refractivity contribution is 0.292. The topological polar surface area (TPSA) is 81.4 Å². The van der Waals surface area contributed by atoms with E-state index in [4.69, 9.17) is 4.74 Å². The third kappa shape index (κ3) is 3.20. The molecule has 23 heavy (non-hydrogen) atoms. The van der Waals surface area contributed by atoms with E-state index in [1.807, 2.05) is 31.2 Å². The molecule has 0 saturated heterocycles. The third-order valence-electron chi connectivity index (χ3n) is 3.52. The van der Waals surface area contributed by atoms with Crippen LogP contribution in [0.3, 0.4) is 0 Å². The van der Waals surface area contributed by atoms with Crippen molar-refractivity contribution < 1.29 is 17.7 Å². The standard InChI is InChI=1S/C16H16N2O4S/c1-12-6-2-5-9-15(12)22-11-10-18-14-8-4-3-7-13(14)17-16(18)23(19,20)21/h2-9H,10-11H2,1H3,(H,19,20,21). The second kappa shape index (κ2) is 6.02. The number of rotatable bonds is 5. The number of hydrogen-bond acceptors (Lipinski definition) is 4. The van der Waals surface area contributed by atoms with Gasteiger partial charge in [-0.15, -0.1) is 0 Å². The normalized spacial score (nSPS) is 11.7. The molecule has 3 rings (SSSR count). The molecule has 0 saturated carbocycles. The van der Waals surface area contributed by atoms with E-state index in [-0.39, 0.29) is 18.3 Å². The van der Waals surface area contributed by atoms with Crippen molar-refractivity contribution in [2.45, 2.75) is 18.6 Å². The number of ether oxygens (including phenoxy) is 1. The first-order valence-electron chi connectivity index (χ1n) is 7.08. The van der Waals surface area contributed by atoms with Gasteiger partial charge in [-0.25, -0.2) is 4.98 Å². The van der Waals surface area contributed by atoms with Gasteiger partial charge in [-0.1, -0.05) is 30.3 Å². The zero-order chi connectivity index (χ0) is 16.4. The second-order valence-corrected chi connectivity index (χ2v) is 6.44. The van der Waals surface area contributed by atoms with E-state index < -0.39 is 10.1 Å². The Morgan fingerprint density at radius 3 is 2.57 bits per heavy atom. The van der Waals surface area contributed by atoms with Crippen molar-refractivity contribution >= 4 is 21.2 Å². The van der Waals surface area contributed by atoms with Crippen molar-refractivity contribution in [3.8, 4) is 5.75 Å². The van der Waals surface area contributed by atoms with Crippen LogP contribution in [-0.4, -0.2) is 29.1 Å². The summed E-state index contributed by atoms with van der Waals surface area (Å²) < 4.78 is 39.6. The molecule has 7 heteroatoms. The number of fused-ring (bicyclic) bond motifs is 1. The summed E-state index contributed by atoms with van der Waals surface area (Å²) in [6.45, 7) is 2.45. The molecule has 1 N–H and O–H groups in total. The van der Waals surface area contributed by atoms with Gasteiger partial charge in [-0.2, -0.15) is 8.42 Å². The van der Waals surface area contributed by atoms with Crippen LogP contribution in [0.2, 0.25) is 0 Å². The second-order valence-electron chi connectivity index (χ2n) is 5.12. The molecule has 0 unspecified atom stereocenters. The molecule has 0 aliphatic carbocycles. The summed E-state index contributed by atoms with van der Waals surface area (Å²) in [5, 5.41) is -0.368. The molecule has 3 aromatic rings. The highest BCUT2D eigenvalue weighted by atomic mass is 32.2. The van der Waals surface area contributed by atoms with Crippen LogP contribution < -0.4 is 4.74 Å². The highest BCUT2D eigenvalue weighted by Gasteiger charge is 2.21. The average Bonchev–Trinajstić information content (AvgIpc) is 2.88. The fraction of sp³-hybridized carbons (Fsp3) is 0.188. The quantitative estimate of drug-likeness (QED) is 0.727. The van der Waals surface area contributed by atoms with E-state index in [1.165, 1.54) is 4.57 Å². The molecule has 0 fully saturated rings. The monoisotopic (exact) mass is 332 g/mol. The molecule has 0 aliphatic rings. The lowest BCUT2D eigenvalue weighted by Crippen LogP contribution is -2.14. The van der Waals surface area contributed by atoms with Gasteiger partial charge in [0.25, 0.3) is 5.16 Å². The van der Waals surface area contributed by atoms with Crippen molar-refractivity contribution in [1.29, 1.82) is 0 Å². The molecule has 0 radical (unpaired) electrons. The first-order valence-corrected chi connectivity index (χ1v) is 8.52. The van der Waals surface area contributed by atoms with E-state index in [9.17, 15) is 13.0 Å². The van der Waals surface area contributed by atoms with E-state index in [1.54, 1.807) is 24.3 Å². The maximum atomic E-state index is 11.5. The van der Waals surface area contributed by atoms with Crippen LogP contribution in [0.15, 0.2) is 53.7 Å². The SMILES string of the molecule is Cc1ccccc1OCCn1c(S(=O)(=O)O)nc2ccccc21. The van der Waals surface area contributed by atoms with Crippen LogP contribution >= 0.6 is 0 Å². The molecule has 0 amide bonds. The zero-order valence-corrected chi connectivity index (χ0v) is 13.3. The van der Waals surface area contributed by atoms with Crippen LogP contribution in [0.1, 0.15) is 5.56 Å². The smallest absolute Gasteiger partial charge is 0.328 e. The zero-order valence-electron chi connectivity index (χ0n) is 12.5. The van der Waals surface area contributed by atoms with Gasteiger partial charge in [0.1, 0.15) is 12.4 Å². The summed E-state index contributed by atoms with van der Waals surface area (Å²) >= 11 is 0. The van der Waals surface area contributed by atoms with Gasteiger partial charge in [0.05, 0.1) is 17.6 Å². The van der Waals surface area contributed by atoms with Gasteiger partial charge in [0.15, 0.2) is 0 Å². The van der Waals surface area contributed by atoms with E-state index >= 15 is 0 Å². The number of aryl methyl sites for hydroxylation is 1. The minimum atomic E-state index is -4.40. The first-order chi connectivity index (χ1) is 11.0. The molecule has 0 bridgehead atoms. The number of imidazole rings is 1. The number of hydrogen-bond donors (Lipinski definition) is 1. The fourth-order valence-electron chi connectivity index (χ4n) is 2.43. The number of benzene rings is 2. The average molecular weight is 332 g/mol. The van der Waals surface area contributed by atoms with Gasteiger partial charge < -0.3 is 9.30 Å².